The average Bonchev–Trinajstić information content (AvgIpc) is 2.57. The Kier molecular flexibility index (Phi) is 6.93. The second-order valence-electron chi connectivity index (χ2n) is 5.66. The van der Waals surface area contributed by atoms with E-state index in [-0.39, 0.29) is 5.91 Å². The quantitative estimate of drug-likeness (QED) is 0.772. The van der Waals surface area contributed by atoms with Crippen LogP contribution in [0.2, 0.25) is 10.0 Å². The molecule has 0 aliphatic heterocycles. The third kappa shape index (κ3) is 5.53. The summed E-state index contributed by atoms with van der Waals surface area (Å²) in [5.74, 6) is 1.07. The first-order valence-corrected chi connectivity index (χ1v) is 8.45. The van der Waals surface area contributed by atoms with E-state index >= 15 is 0 Å². The van der Waals surface area contributed by atoms with Gasteiger partial charge in [0.15, 0.2) is 18.0 Å². The molecular formula is C18H21Cl2N2O3+. The van der Waals surface area contributed by atoms with E-state index in [9.17, 15) is 4.79 Å². The van der Waals surface area contributed by atoms with Crippen LogP contribution >= 0.6 is 23.2 Å². The van der Waals surface area contributed by atoms with E-state index in [1.54, 1.807) is 44.6 Å². The molecule has 0 radical (unpaired) electrons. The third-order valence-electron chi connectivity index (χ3n) is 3.64. The number of rotatable bonds is 7. The van der Waals surface area contributed by atoms with Crippen LogP contribution in [0.15, 0.2) is 36.4 Å². The van der Waals surface area contributed by atoms with Crippen LogP contribution in [0.4, 0.5) is 5.69 Å². The van der Waals surface area contributed by atoms with Crippen molar-refractivity contribution in [1.29, 1.82) is 0 Å². The molecule has 5 nitrogen and oxygen atoms in total. The summed E-state index contributed by atoms with van der Waals surface area (Å²) in [6.07, 6.45) is 0. The van der Waals surface area contributed by atoms with Crippen LogP contribution in [0.25, 0.3) is 0 Å². The van der Waals surface area contributed by atoms with Gasteiger partial charge in [0.1, 0.15) is 6.54 Å². The molecule has 0 spiro atoms. The number of hydrogen-bond acceptors (Lipinski definition) is 3. The zero-order chi connectivity index (χ0) is 18.4. The summed E-state index contributed by atoms with van der Waals surface area (Å²) in [7, 11) is 5.05. The first-order chi connectivity index (χ1) is 11.9. The van der Waals surface area contributed by atoms with Crippen LogP contribution < -0.4 is 19.7 Å². The van der Waals surface area contributed by atoms with Gasteiger partial charge in [-0.15, -0.1) is 0 Å². The Labute approximate surface area is 157 Å². The second-order valence-corrected chi connectivity index (χ2v) is 6.51. The first kappa shape index (κ1) is 19.4. The molecule has 0 aliphatic carbocycles. The number of anilines is 1. The maximum atomic E-state index is 12.2. The van der Waals surface area contributed by atoms with Gasteiger partial charge in [-0.05, 0) is 24.3 Å². The average molecular weight is 384 g/mol. The lowest BCUT2D eigenvalue weighted by Crippen LogP contribution is -3.08. The van der Waals surface area contributed by atoms with E-state index in [1.165, 1.54) is 0 Å². The molecule has 0 bridgehead atoms. The molecule has 2 aromatic rings. The smallest absolute Gasteiger partial charge is 0.279 e. The highest BCUT2D eigenvalue weighted by Crippen LogP contribution is 2.29. The van der Waals surface area contributed by atoms with Crippen molar-refractivity contribution in [1.82, 2.24) is 0 Å². The lowest BCUT2D eigenvalue weighted by molar-refractivity contribution is -0.885. The van der Waals surface area contributed by atoms with Crippen molar-refractivity contribution in [2.24, 2.45) is 0 Å². The van der Waals surface area contributed by atoms with Crippen LogP contribution in [-0.4, -0.2) is 33.7 Å². The predicted octanol–water partition coefficient (Wildman–Crippen LogP) is 2.66. The van der Waals surface area contributed by atoms with Crippen molar-refractivity contribution in [3.05, 3.63) is 52.0 Å². The van der Waals surface area contributed by atoms with Gasteiger partial charge in [-0.1, -0.05) is 29.3 Å². The molecule has 2 rings (SSSR count). The van der Waals surface area contributed by atoms with Gasteiger partial charge < -0.3 is 19.7 Å². The standard InChI is InChI=1S/C18H20Cl2N2O3/c1-22(10-12-4-5-13(19)8-15(12)20)11-18(23)21-14-6-7-16(24-2)17(9-14)25-3/h4-9H,10-11H2,1-3H3,(H,21,23)/p+1. The summed E-state index contributed by atoms with van der Waals surface area (Å²) < 4.78 is 10.4. The molecule has 0 fully saturated rings. The van der Waals surface area contributed by atoms with Crippen LogP contribution in [0, 0.1) is 0 Å². The van der Waals surface area contributed by atoms with Gasteiger partial charge in [-0.25, -0.2) is 0 Å². The number of nitrogens with one attached hydrogen (secondary N) is 2. The highest BCUT2D eigenvalue weighted by molar-refractivity contribution is 6.35. The minimum Gasteiger partial charge on any atom is -0.493 e. The molecular weight excluding hydrogens is 363 g/mol. The lowest BCUT2D eigenvalue weighted by atomic mass is 10.2. The molecule has 0 saturated heterocycles. The highest BCUT2D eigenvalue weighted by atomic mass is 35.5. The van der Waals surface area contributed by atoms with Crippen LogP contribution in [0.5, 0.6) is 11.5 Å². The zero-order valence-corrected chi connectivity index (χ0v) is 15.9. The summed E-state index contributed by atoms with van der Waals surface area (Å²) in [6.45, 7) is 0.919. The minimum absolute atomic E-state index is 0.102. The predicted molar refractivity (Wildman–Crippen MR) is 100 cm³/mol. The molecule has 2 N–H and O–H groups in total. The molecule has 1 unspecified atom stereocenters. The van der Waals surface area contributed by atoms with E-state index in [0.717, 1.165) is 10.5 Å². The van der Waals surface area contributed by atoms with Gasteiger partial charge in [0.25, 0.3) is 5.91 Å². The topological polar surface area (TPSA) is 52.0 Å². The molecule has 25 heavy (non-hydrogen) atoms. The molecule has 0 saturated carbocycles. The van der Waals surface area contributed by atoms with Gasteiger partial charge in [0.2, 0.25) is 0 Å². The van der Waals surface area contributed by atoms with Crippen molar-refractivity contribution < 1.29 is 19.2 Å². The number of carbonyl (C=O) groups excluding carboxylic acids is 1. The maximum Gasteiger partial charge on any atom is 0.279 e. The minimum atomic E-state index is -0.102. The number of ether oxygens (including phenoxy) is 2. The van der Waals surface area contributed by atoms with Gasteiger partial charge in [-0.2, -0.15) is 0 Å². The number of carbonyl (C=O) groups is 1. The van der Waals surface area contributed by atoms with E-state index in [4.69, 9.17) is 32.7 Å². The van der Waals surface area contributed by atoms with Crippen LogP contribution in [0.1, 0.15) is 5.56 Å². The molecule has 7 heteroatoms. The number of methoxy groups -OCH3 is 2. The second kappa shape index (κ2) is 8.94. The summed E-state index contributed by atoms with van der Waals surface area (Å²) in [6, 6.07) is 10.6. The Morgan fingerprint density at radius 1 is 1.08 bits per heavy atom. The molecule has 0 aromatic heterocycles. The highest BCUT2D eigenvalue weighted by Gasteiger charge is 2.14. The number of hydrogen-bond donors (Lipinski definition) is 2. The van der Waals surface area contributed by atoms with Crippen molar-refractivity contribution in [2.45, 2.75) is 6.54 Å². The Hall–Kier alpha value is -1.95. The summed E-state index contributed by atoms with van der Waals surface area (Å²) in [5, 5.41) is 4.06. The van der Waals surface area contributed by atoms with Crippen molar-refractivity contribution in [3.8, 4) is 11.5 Å². The Balaban J connectivity index is 1.95. The molecule has 2 aromatic carbocycles. The van der Waals surface area contributed by atoms with Crippen molar-refractivity contribution >= 4 is 34.8 Å². The summed E-state index contributed by atoms with van der Waals surface area (Å²) in [5.41, 5.74) is 1.60. The van der Waals surface area contributed by atoms with Crippen molar-refractivity contribution in [2.75, 3.05) is 33.1 Å². The zero-order valence-electron chi connectivity index (χ0n) is 14.4. The Morgan fingerprint density at radius 2 is 1.80 bits per heavy atom. The van der Waals surface area contributed by atoms with E-state index in [2.05, 4.69) is 5.32 Å². The molecule has 0 aliphatic rings. The number of quaternary nitrogens is 1. The van der Waals surface area contributed by atoms with E-state index in [0.29, 0.717) is 40.3 Å². The van der Waals surface area contributed by atoms with Crippen molar-refractivity contribution in [3.63, 3.8) is 0 Å². The normalized spacial score (nSPS) is 11.7. The van der Waals surface area contributed by atoms with E-state index in [1.807, 2.05) is 13.1 Å². The van der Waals surface area contributed by atoms with Gasteiger partial charge in [0.05, 0.1) is 26.3 Å². The fraction of sp³-hybridized carbons (Fsp3) is 0.278. The van der Waals surface area contributed by atoms with Gasteiger partial charge >= 0.3 is 0 Å². The number of amides is 1. The monoisotopic (exact) mass is 383 g/mol. The van der Waals surface area contributed by atoms with Gasteiger partial charge in [0, 0.05) is 22.3 Å². The van der Waals surface area contributed by atoms with E-state index < -0.39 is 0 Å². The summed E-state index contributed by atoms with van der Waals surface area (Å²) in [4.78, 5) is 13.3. The fourth-order valence-corrected chi connectivity index (χ4v) is 2.92. The SMILES string of the molecule is COc1ccc(NC(=O)C[NH+](C)Cc2ccc(Cl)cc2Cl)cc1OC. The Morgan fingerprint density at radius 3 is 2.44 bits per heavy atom. The fourth-order valence-electron chi connectivity index (χ4n) is 2.45. The number of benzene rings is 2. The summed E-state index contributed by atoms with van der Waals surface area (Å²) >= 11 is 12.1. The lowest BCUT2D eigenvalue weighted by Gasteiger charge is -2.15. The number of likely N-dealkylation sites (N-methyl/N-ethyl adjacent to an activating group) is 1. The first-order valence-electron chi connectivity index (χ1n) is 7.70. The molecule has 0 heterocycles. The Bertz CT molecular complexity index is 753. The third-order valence-corrected chi connectivity index (χ3v) is 4.22. The molecule has 134 valence electrons. The molecule has 1 amide bonds. The molecule has 1 atom stereocenters. The van der Waals surface area contributed by atoms with Crippen LogP contribution in [-0.2, 0) is 11.3 Å². The maximum absolute atomic E-state index is 12.2. The largest absolute Gasteiger partial charge is 0.493 e. The number of halogens is 2. The van der Waals surface area contributed by atoms with Gasteiger partial charge in [-0.3, -0.25) is 4.79 Å². The van der Waals surface area contributed by atoms with Crippen LogP contribution in [0.3, 0.4) is 0 Å².